The van der Waals surface area contributed by atoms with Gasteiger partial charge in [-0.1, -0.05) is 12.1 Å². The average molecular weight is 453 g/mol. The summed E-state index contributed by atoms with van der Waals surface area (Å²) in [5.41, 5.74) is 2.65. The molecule has 1 aliphatic rings. The van der Waals surface area contributed by atoms with Gasteiger partial charge in [-0.15, -0.1) is 11.8 Å². The molecule has 0 radical (unpaired) electrons. The number of carbonyl (C=O) groups excluding carboxylic acids is 1. The van der Waals surface area contributed by atoms with Crippen LogP contribution in [0.3, 0.4) is 0 Å². The van der Waals surface area contributed by atoms with Crippen LogP contribution < -0.4 is 5.32 Å². The van der Waals surface area contributed by atoms with Crippen LogP contribution in [0.4, 0.5) is 5.69 Å². The van der Waals surface area contributed by atoms with E-state index in [1.165, 1.54) is 0 Å². The molecule has 0 spiro atoms. The summed E-state index contributed by atoms with van der Waals surface area (Å²) in [6.07, 6.45) is 2.56. The highest BCUT2D eigenvalue weighted by Gasteiger charge is 2.18. The molecule has 3 rings (SSSR count). The summed E-state index contributed by atoms with van der Waals surface area (Å²) < 4.78 is 6.84. The molecule has 0 saturated carbocycles. The fourth-order valence-electron chi connectivity index (χ4n) is 2.70. The second-order valence-corrected chi connectivity index (χ2v) is 8.16. The molecule has 1 amide bonds. The smallest absolute Gasteiger partial charge is 0.256 e. The van der Waals surface area contributed by atoms with Crippen LogP contribution in [-0.4, -0.2) is 24.4 Å². The number of anilines is 1. The molecule has 1 heterocycles. The van der Waals surface area contributed by atoms with Crippen molar-refractivity contribution in [2.45, 2.75) is 30.8 Å². The molecule has 0 aliphatic carbocycles. The van der Waals surface area contributed by atoms with Crippen LogP contribution in [0.5, 0.6) is 0 Å². The Labute approximate surface area is 160 Å². The molecular weight excluding hydrogens is 433 g/mol. The number of amides is 1. The summed E-state index contributed by atoms with van der Waals surface area (Å²) in [7, 11) is 0. The number of aryl methyl sites for hydroxylation is 1. The molecule has 0 aromatic heterocycles. The summed E-state index contributed by atoms with van der Waals surface area (Å²) in [6.45, 7) is 2.87. The number of rotatable bonds is 5. The van der Waals surface area contributed by atoms with Crippen molar-refractivity contribution in [1.82, 2.24) is 0 Å². The summed E-state index contributed by atoms with van der Waals surface area (Å²) in [5, 5.41) is 3.04. The van der Waals surface area contributed by atoms with E-state index in [2.05, 4.69) is 34.0 Å². The van der Waals surface area contributed by atoms with Crippen molar-refractivity contribution in [1.29, 1.82) is 0 Å². The van der Waals surface area contributed by atoms with Gasteiger partial charge >= 0.3 is 0 Å². The van der Waals surface area contributed by atoms with Crippen LogP contribution in [0, 0.1) is 10.5 Å². The van der Waals surface area contributed by atoms with Crippen LogP contribution in [0.1, 0.15) is 28.8 Å². The van der Waals surface area contributed by atoms with Gasteiger partial charge in [-0.25, -0.2) is 0 Å². The van der Waals surface area contributed by atoms with Crippen molar-refractivity contribution in [2.24, 2.45) is 0 Å². The highest BCUT2D eigenvalue weighted by Crippen LogP contribution is 2.28. The molecule has 1 aliphatic heterocycles. The molecule has 1 atom stereocenters. The number of halogens is 1. The normalized spacial score (nSPS) is 17.0. The Hall–Kier alpha value is -1.05. The number of benzene rings is 2. The lowest BCUT2D eigenvalue weighted by molar-refractivity contribution is 0.102. The van der Waals surface area contributed by atoms with Gasteiger partial charge < -0.3 is 10.1 Å². The van der Waals surface area contributed by atoms with Crippen LogP contribution in [0.15, 0.2) is 47.4 Å². The summed E-state index contributed by atoms with van der Waals surface area (Å²) in [6, 6.07) is 13.8. The molecule has 5 heteroatoms. The predicted molar refractivity (Wildman–Crippen MR) is 108 cm³/mol. The van der Waals surface area contributed by atoms with E-state index < -0.39 is 0 Å². The molecular formula is C19H20INO2S. The van der Waals surface area contributed by atoms with Crippen LogP contribution in [0.25, 0.3) is 0 Å². The number of carbonyl (C=O) groups is 1. The van der Waals surface area contributed by atoms with Crippen molar-refractivity contribution in [3.63, 3.8) is 0 Å². The van der Waals surface area contributed by atoms with Crippen molar-refractivity contribution in [2.75, 3.05) is 17.7 Å². The lowest BCUT2D eigenvalue weighted by Crippen LogP contribution is -2.14. The maximum Gasteiger partial charge on any atom is 0.256 e. The van der Waals surface area contributed by atoms with Gasteiger partial charge in [-0.05, 0) is 78.3 Å². The van der Waals surface area contributed by atoms with Crippen LogP contribution >= 0.6 is 34.4 Å². The maximum absolute atomic E-state index is 12.7. The average Bonchev–Trinajstić information content (AvgIpc) is 3.09. The van der Waals surface area contributed by atoms with Crippen LogP contribution in [0.2, 0.25) is 0 Å². The highest BCUT2D eigenvalue weighted by molar-refractivity contribution is 14.1. The third-order valence-corrected chi connectivity index (χ3v) is 5.89. The molecule has 3 nitrogen and oxygen atoms in total. The molecule has 2 aromatic rings. The van der Waals surface area contributed by atoms with Gasteiger partial charge in [0, 0.05) is 26.5 Å². The SMILES string of the molecule is Cc1cc(I)ccc1NC(=O)c1ccccc1SCC1CCCO1. The Bertz CT molecular complexity index is 729. The Morgan fingerprint density at radius 1 is 1.33 bits per heavy atom. The zero-order valence-corrected chi connectivity index (χ0v) is 16.5. The van der Waals surface area contributed by atoms with Gasteiger partial charge in [0.05, 0.1) is 11.7 Å². The fourth-order valence-corrected chi connectivity index (χ4v) is 4.46. The monoisotopic (exact) mass is 453 g/mol. The predicted octanol–water partition coefficient (Wildman–Crippen LogP) is 5.12. The Morgan fingerprint density at radius 3 is 2.92 bits per heavy atom. The third kappa shape index (κ3) is 4.52. The molecule has 2 aromatic carbocycles. The zero-order chi connectivity index (χ0) is 16.9. The van der Waals surface area contributed by atoms with E-state index in [1.807, 2.05) is 43.3 Å². The van der Waals surface area contributed by atoms with Gasteiger partial charge in [0.25, 0.3) is 5.91 Å². The van der Waals surface area contributed by atoms with Crippen molar-refractivity contribution in [3.05, 3.63) is 57.2 Å². The van der Waals surface area contributed by atoms with Gasteiger partial charge in [-0.2, -0.15) is 0 Å². The first kappa shape index (κ1) is 17.8. The van der Waals surface area contributed by atoms with E-state index in [4.69, 9.17) is 4.74 Å². The van der Waals surface area contributed by atoms with Gasteiger partial charge in [0.15, 0.2) is 0 Å². The fraction of sp³-hybridized carbons (Fsp3) is 0.316. The highest BCUT2D eigenvalue weighted by atomic mass is 127. The van der Waals surface area contributed by atoms with E-state index in [9.17, 15) is 4.79 Å². The topological polar surface area (TPSA) is 38.3 Å². The van der Waals surface area contributed by atoms with E-state index in [0.29, 0.717) is 6.10 Å². The molecule has 24 heavy (non-hydrogen) atoms. The lowest BCUT2D eigenvalue weighted by Gasteiger charge is -2.13. The second kappa shape index (κ2) is 8.36. The van der Waals surface area contributed by atoms with Crippen LogP contribution in [-0.2, 0) is 4.74 Å². The number of ether oxygens (including phenoxy) is 1. The molecule has 1 saturated heterocycles. The van der Waals surface area contributed by atoms with E-state index in [-0.39, 0.29) is 5.91 Å². The number of nitrogens with one attached hydrogen (secondary N) is 1. The minimum atomic E-state index is -0.0604. The Morgan fingerprint density at radius 2 is 2.17 bits per heavy atom. The Balaban J connectivity index is 1.72. The Kier molecular flexibility index (Phi) is 6.19. The van der Waals surface area contributed by atoms with Gasteiger partial charge in [0.2, 0.25) is 0 Å². The molecule has 126 valence electrons. The largest absolute Gasteiger partial charge is 0.377 e. The summed E-state index contributed by atoms with van der Waals surface area (Å²) in [5.74, 6) is 0.835. The molecule has 0 bridgehead atoms. The molecule has 1 unspecified atom stereocenters. The molecule has 1 fully saturated rings. The second-order valence-electron chi connectivity index (χ2n) is 5.86. The van der Waals surface area contributed by atoms with E-state index in [0.717, 1.165) is 50.5 Å². The van der Waals surface area contributed by atoms with E-state index >= 15 is 0 Å². The molecule has 1 N–H and O–H groups in total. The first-order valence-electron chi connectivity index (χ1n) is 8.04. The minimum absolute atomic E-state index is 0.0604. The number of hydrogen-bond donors (Lipinski definition) is 1. The van der Waals surface area contributed by atoms with Crippen molar-refractivity contribution < 1.29 is 9.53 Å². The standard InChI is InChI=1S/C19H20INO2S/c1-13-11-14(20)8-9-17(13)21-19(22)16-6-2-3-7-18(16)24-12-15-5-4-10-23-15/h2-3,6-9,11,15H,4-5,10,12H2,1H3,(H,21,22). The van der Waals surface area contributed by atoms with Gasteiger partial charge in [-0.3, -0.25) is 4.79 Å². The summed E-state index contributed by atoms with van der Waals surface area (Å²) >= 11 is 3.98. The quantitative estimate of drug-likeness (QED) is 0.505. The van der Waals surface area contributed by atoms with Gasteiger partial charge in [0.1, 0.15) is 0 Å². The third-order valence-electron chi connectivity index (χ3n) is 4.02. The zero-order valence-electron chi connectivity index (χ0n) is 13.5. The first-order valence-corrected chi connectivity index (χ1v) is 10.1. The number of hydrogen-bond acceptors (Lipinski definition) is 3. The number of thioether (sulfide) groups is 1. The lowest BCUT2D eigenvalue weighted by atomic mass is 10.1. The minimum Gasteiger partial charge on any atom is -0.377 e. The van der Waals surface area contributed by atoms with E-state index in [1.54, 1.807) is 11.8 Å². The maximum atomic E-state index is 12.7. The summed E-state index contributed by atoms with van der Waals surface area (Å²) in [4.78, 5) is 13.7. The first-order chi connectivity index (χ1) is 11.6. The van der Waals surface area contributed by atoms with Crippen molar-refractivity contribution >= 4 is 45.9 Å². The van der Waals surface area contributed by atoms with Crippen molar-refractivity contribution in [3.8, 4) is 0 Å².